The minimum absolute atomic E-state index is 0.842. The molecular formula is C54H41NS3. The molecule has 9 aromatic rings. The molecule has 3 heterocycles. The molecule has 10 rings (SSSR count). The SMILES string of the molecule is CC/C(=C(\C1=C(C)C=CCC=C1)N(c1ccccc1)c1c(-c2sc3ccccc3c2-c2ccccc2)sc2ccccc12)c1sc2ccccc2c1-c1ccccc1. The van der Waals surface area contributed by atoms with Gasteiger partial charge in [-0.1, -0.05) is 165 Å². The number of benzene rings is 6. The molecule has 58 heavy (non-hydrogen) atoms. The maximum atomic E-state index is 2.63. The molecule has 0 spiro atoms. The van der Waals surface area contributed by atoms with Crippen molar-refractivity contribution in [2.45, 2.75) is 26.7 Å². The van der Waals surface area contributed by atoms with E-state index in [4.69, 9.17) is 0 Å². The zero-order valence-corrected chi connectivity index (χ0v) is 34.9. The number of nitrogens with zero attached hydrogens (tertiary/aromatic N) is 1. The lowest BCUT2D eigenvalue weighted by atomic mass is 9.92. The van der Waals surface area contributed by atoms with Crippen LogP contribution >= 0.6 is 34.0 Å². The average molecular weight is 800 g/mol. The van der Waals surface area contributed by atoms with Crippen molar-refractivity contribution in [1.82, 2.24) is 0 Å². The van der Waals surface area contributed by atoms with Gasteiger partial charge in [-0.25, -0.2) is 0 Å². The number of hydrogen-bond donors (Lipinski definition) is 0. The summed E-state index contributed by atoms with van der Waals surface area (Å²) in [5, 5.41) is 3.84. The highest BCUT2D eigenvalue weighted by Gasteiger charge is 2.32. The van der Waals surface area contributed by atoms with Gasteiger partial charge in [-0.05, 0) is 72.4 Å². The molecule has 0 saturated heterocycles. The second kappa shape index (κ2) is 15.7. The van der Waals surface area contributed by atoms with Crippen LogP contribution in [-0.2, 0) is 0 Å². The molecule has 0 fully saturated rings. The van der Waals surface area contributed by atoms with E-state index in [-0.39, 0.29) is 0 Å². The van der Waals surface area contributed by atoms with E-state index in [1.807, 2.05) is 34.0 Å². The summed E-state index contributed by atoms with van der Waals surface area (Å²) in [5.41, 5.74) is 12.5. The molecule has 3 aromatic heterocycles. The average Bonchev–Trinajstić information content (AvgIpc) is 3.93. The summed E-state index contributed by atoms with van der Waals surface area (Å²) in [6.45, 7) is 4.63. The summed E-state index contributed by atoms with van der Waals surface area (Å²) in [6.07, 6.45) is 11.1. The van der Waals surface area contributed by atoms with Gasteiger partial charge in [-0.3, -0.25) is 0 Å². The zero-order valence-electron chi connectivity index (χ0n) is 32.5. The number of rotatable bonds is 9. The van der Waals surface area contributed by atoms with E-state index >= 15 is 0 Å². The highest BCUT2D eigenvalue weighted by molar-refractivity contribution is 7.29. The predicted molar refractivity (Wildman–Crippen MR) is 257 cm³/mol. The lowest BCUT2D eigenvalue weighted by molar-refractivity contribution is 1.14. The van der Waals surface area contributed by atoms with Crippen LogP contribution in [0, 0.1) is 0 Å². The molecule has 4 heteroatoms. The van der Waals surface area contributed by atoms with Gasteiger partial charge < -0.3 is 4.90 Å². The largest absolute Gasteiger partial charge is 0.307 e. The Morgan fingerprint density at radius 3 is 1.67 bits per heavy atom. The van der Waals surface area contributed by atoms with E-state index in [1.54, 1.807) is 0 Å². The van der Waals surface area contributed by atoms with Gasteiger partial charge in [0.15, 0.2) is 0 Å². The van der Waals surface area contributed by atoms with Gasteiger partial charge in [-0.2, -0.15) is 0 Å². The quantitative estimate of drug-likeness (QED) is 0.141. The monoisotopic (exact) mass is 799 g/mol. The van der Waals surface area contributed by atoms with Crippen LogP contribution in [0.4, 0.5) is 11.4 Å². The summed E-state index contributed by atoms with van der Waals surface area (Å²) in [6, 6.07) is 60.0. The van der Waals surface area contributed by atoms with Gasteiger partial charge in [0.1, 0.15) is 0 Å². The van der Waals surface area contributed by atoms with Crippen LogP contribution in [0.5, 0.6) is 0 Å². The van der Waals surface area contributed by atoms with Crippen molar-refractivity contribution in [2.75, 3.05) is 4.90 Å². The van der Waals surface area contributed by atoms with E-state index in [0.717, 1.165) is 18.5 Å². The van der Waals surface area contributed by atoms with E-state index in [9.17, 15) is 0 Å². The molecule has 0 aliphatic heterocycles. The molecule has 0 radical (unpaired) electrons. The summed E-state index contributed by atoms with van der Waals surface area (Å²) >= 11 is 5.75. The molecule has 0 amide bonds. The first-order chi connectivity index (χ1) is 28.7. The number of hydrogen-bond acceptors (Lipinski definition) is 4. The van der Waals surface area contributed by atoms with Crippen molar-refractivity contribution in [2.24, 2.45) is 0 Å². The lowest BCUT2D eigenvalue weighted by Gasteiger charge is -2.33. The maximum absolute atomic E-state index is 2.63. The van der Waals surface area contributed by atoms with E-state index < -0.39 is 0 Å². The van der Waals surface area contributed by atoms with Gasteiger partial charge in [0.05, 0.1) is 21.1 Å². The van der Waals surface area contributed by atoms with E-state index in [0.29, 0.717) is 0 Å². The molecule has 0 bridgehead atoms. The molecule has 6 aromatic carbocycles. The normalized spacial score (nSPS) is 13.4. The molecule has 280 valence electrons. The van der Waals surface area contributed by atoms with Crippen molar-refractivity contribution in [3.05, 3.63) is 210 Å². The Morgan fingerprint density at radius 1 is 0.517 bits per heavy atom. The van der Waals surface area contributed by atoms with Crippen LogP contribution in [0.1, 0.15) is 31.6 Å². The van der Waals surface area contributed by atoms with Gasteiger partial charge in [0.25, 0.3) is 0 Å². The summed E-state index contributed by atoms with van der Waals surface area (Å²) < 4.78 is 3.87. The third-order valence-corrected chi connectivity index (χ3v) is 14.8. The Kier molecular flexibility index (Phi) is 9.84. The standard InChI is InChI=1S/C54H41NS3/c1-3-40(52-48(37-23-9-5-10-24-37)42-30-16-19-33-45(42)56-52)50(41-29-15-4-8-22-36(41)2)55(39-27-13-7-14-28-39)51-44-32-18-21-35-47(44)58-54(51)53-49(38-25-11-6-12-26-38)43-31-17-20-34-46(43)57-53/h5-35H,3-4H2,1-2H3/b50-40-. The minimum Gasteiger partial charge on any atom is -0.307 e. The number of anilines is 2. The van der Waals surface area contributed by atoms with Gasteiger partial charge in [0.2, 0.25) is 0 Å². The second-order valence-electron chi connectivity index (χ2n) is 14.6. The molecule has 0 atom stereocenters. The first-order valence-electron chi connectivity index (χ1n) is 20.0. The Morgan fingerprint density at radius 2 is 1.02 bits per heavy atom. The lowest BCUT2D eigenvalue weighted by Crippen LogP contribution is -2.20. The molecule has 0 N–H and O–H groups in total. The van der Waals surface area contributed by atoms with Crippen LogP contribution in [0.3, 0.4) is 0 Å². The van der Waals surface area contributed by atoms with Crippen LogP contribution in [0.15, 0.2) is 205 Å². The summed E-state index contributed by atoms with van der Waals surface area (Å²) in [4.78, 5) is 6.54. The van der Waals surface area contributed by atoms with Gasteiger partial charge in [0, 0.05) is 57.5 Å². The highest BCUT2D eigenvalue weighted by atomic mass is 32.1. The van der Waals surface area contributed by atoms with Crippen molar-refractivity contribution in [3.63, 3.8) is 0 Å². The third kappa shape index (κ3) is 6.38. The van der Waals surface area contributed by atoms with Crippen LogP contribution in [0.25, 0.3) is 67.8 Å². The molecular weight excluding hydrogens is 759 g/mol. The molecule has 1 aliphatic rings. The summed E-state index contributed by atoms with van der Waals surface area (Å²) in [5.74, 6) is 0. The Balaban J connectivity index is 1.38. The third-order valence-electron chi connectivity index (χ3n) is 11.1. The van der Waals surface area contributed by atoms with Crippen molar-refractivity contribution in [1.29, 1.82) is 0 Å². The van der Waals surface area contributed by atoms with Gasteiger partial charge in [-0.15, -0.1) is 34.0 Å². The van der Waals surface area contributed by atoms with Crippen molar-refractivity contribution >= 4 is 81.2 Å². The Labute approximate surface area is 352 Å². The number of allylic oxidation sites excluding steroid dienone is 6. The summed E-state index contributed by atoms with van der Waals surface area (Å²) in [7, 11) is 0. The number of para-hydroxylation sites is 1. The molecule has 1 aliphatic carbocycles. The highest BCUT2D eigenvalue weighted by Crippen LogP contribution is 2.56. The first-order valence-corrected chi connectivity index (χ1v) is 22.4. The first kappa shape index (κ1) is 36.3. The van der Waals surface area contributed by atoms with Gasteiger partial charge >= 0.3 is 0 Å². The predicted octanol–water partition coefficient (Wildman–Crippen LogP) is 17.1. The fourth-order valence-electron chi connectivity index (χ4n) is 8.45. The van der Waals surface area contributed by atoms with Crippen LogP contribution in [0.2, 0.25) is 0 Å². The Bertz CT molecular complexity index is 3060. The smallest absolute Gasteiger partial charge is 0.0735 e. The molecule has 0 saturated carbocycles. The molecule has 0 unspecified atom stereocenters. The van der Waals surface area contributed by atoms with Crippen molar-refractivity contribution < 1.29 is 0 Å². The Hall–Kier alpha value is -6.04. The fourth-order valence-corrected chi connectivity index (χ4v) is 12.3. The minimum atomic E-state index is 0.842. The zero-order chi connectivity index (χ0) is 39.0. The second-order valence-corrected chi connectivity index (χ2v) is 17.8. The van der Waals surface area contributed by atoms with Crippen molar-refractivity contribution in [3.8, 4) is 32.0 Å². The maximum Gasteiger partial charge on any atom is 0.0735 e. The van der Waals surface area contributed by atoms with Crippen LogP contribution in [-0.4, -0.2) is 0 Å². The number of thiophene rings is 3. The number of fused-ring (bicyclic) bond motifs is 3. The topological polar surface area (TPSA) is 3.24 Å². The van der Waals surface area contributed by atoms with E-state index in [1.165, 1.54) is 95.2 Å². The van der Waals surface area contributed by atoms with Crippen LogP contribution < -0.4 is 4.90 Å². The molecule has 1 nitrogen and oxygen atoms in total. The fraction of sp³-hybridized carbons (Fsp3) is 0.0741. The van der Waals surface area contributed by atoms with E-state index in [2.05, 4.69) is 207 Å².